The molecule has 0 bridgehead atoms. The first-order valence-electron chi connectivity index (χ1n) is 24.1. The maximum atomic E-state index is 12.5. The highest BCUT2D eigenvalue weighted by atomic mass is 31.2. The third-order valence-electron chi connectivity index (χ3n) is 10.6. The summed E-state index contributed by atoms with van der Waals surface area (Å²) in [6.07, 6.45) is 48.9. The van der Waals surface area contributed by atoms with Crippen LogP contribution in [0.25, 0.3) is 0 Å². The summed E-state index contributed by atoms with van der Waals surface area (Å²) >= 11 is 0. The van der Waals surface area contributed by atoms with Crippen LogP contribution in [0.4, 0.5) is 0 Å². The van der Waals surface area contributed by atoms with E-state index in [1.165, 1.54) is 173 Å². The quantitative estimate of drug-likeness (QED) is 0.0163. The second-order valence-corrected chi connectivity index (χ2v) is 19.0. The maximum Gasteiger partial charge on any atom is 0.472 e. The van der Waals surface area contributed by atoms with Gasteiger partial charge in [0.25, 0.3) is 0 Å². The summed E-state index contributed by atoms with van der Waals surface area (Å²) in [5, 5.41) is 0. The number of likely N-dealkylation sites (N-methyl/N-ethyl adjacent to an activating group) is 1. The number of hydrogen-bond donors (Lipinski definition) is 1. The van der Waals surface area contributed by atoms with E-state index in [0.29, 0.717) is 17.4 Å². The highest BCUT2D eigenvalue weighted by molar-refractivity contribution is 7.47. The maximum absolute atomic E-state index is 12.5. The number of rotatable bonds is 45. The third kappa shape index (κ3) is 45.7. The first-order valence-corrected chi connectivity index (χ1v) is 25.6. The molecule has 2 unspecified atom stereocenters. The molecule has 0 aliphatic rings. The lowest BCUT2D eigenvalue weighted by atomic mass is 10.0. The highest BCUT2D eigenvalue weighted by Crippen LogP contribution is 2.43. The smallest absolute Gasteiger partial charge is 0.472 e. The average molecular weight is 829 g/mol. The van der Waals surface area contributed by atoms with Crippen LogP contribution < -0.4 is 0 Å². The second-order valence-electron chi connectivity index (χ2n) is 17.6. The molecule has 0 aromatic rings. The van der Waals surface area contributed by atoms with Crippen LogP contribution in [-0.2, 0) is 27.9 Å². The summed E-state index contributed by atoms with van der Waals surface area (Å²) in [5.74, 6) is -0.276. The highest BCUT2D eigenvalue weighted by Gasteiger charge is 2.25. The molecule has 0 saturated heterocycles. The van der Waals surface area contributed by atoms with Crippen LogP contribution in [0.15, 0.2) is 24.5 Å². The van der Waals surface area contributed by atoms with Crippen molar-refractivity contribution in [3.05, 3.63) is 24.5 Å². The van der Waals surface area contributed by atoms with Crippen molar-refractivity contribution < 1.29 is 37.3 Å². The fourth-order valence-corrected chi connectivity index (χ4v) is 7.51. The molecular formula is C48H95NO7P+. The van der Waals surface area contributed by atoms with Crippen molar-refractivity contribution >= 4 is 13.8 Å². The summed E-state index contributed by atoms with van der Waals surface area (Å²) in [6, 6.07) is 0. The minimum Gasteiger partial charge on any atom is -0.492 e. The SMILES string of the molecule is CCCCCCCC/C=C\CCCCCCCCCCCC(=O)OCC(COP(=O)(O)OCC[N+](C)(C)C)O/C=C\CCCCCCCCCCCCCCCC. The van der Waals surface area contributed by atoms with Crippen molar-refractivity contribution in [3.63, 3.8) is 0 Å². The lowest BCUT2D eigenvalue weighted by Crippen LogP contribution is -2.37. The van der Waals surface area contributed by atoms with E-state index in [-0.39, 0.29) is 25.8 Å². The van der Waals surface area contributed by atoms with E-state index >= 15 is 0 Å². The van der Waals surface area contributed by atoms with Crippen LogP contribution in [0, 0.1) is 0 Å². The van der Waals surface area contributed by atoms with Crippen molar-refractivity contribution in [2.24, 2.45) is 0 Å². The first-order chi connectivity index (χ1) is 27.6. The Hall–Kier alpha value is -1.18. The Balaban J connectivity index is 4.19. The Bertz CT molecular complexity index is 967. The second kappa shape index (κ2) is 41.5. The molecule has 8 nitrogen and oxygen atoms in total. The number of allylic oxidation sites excluding steroid dienone is 3. The van der Waals surface area contributed by atoms with Gasteiger partial charge < -0.3 is 18.9 Å². The lowest BCUT2D eigenvalue weighted by molar-refractivity contribution is -0.870. The molecule has 338 valence electrons. The van der Waals surface area contributed by atoms with Gasteiger partial charge in [-0.15, -0.1) is 0 Å². The van der Waals surface area contributed by atoms with Crippen molar-refractivity contribution in [2.45, 2.75) is 232 Å². The van der Waals surface area contributed by atoms with E-state index in [2.05, 4.69) is 26.0 Å². The number of quaternary nitrogens is 1. The van der Waals surface area contributed by atoms with E-state index < -0.39 is 13.9 Å². The van der Waals surface area contributed by atoms with Crippen LogP contribution in [0.1, 0.15) is 226 Å². The molecule has 0 spiro atoms. The Morgan fingerprint density at radius 2 is 0.930 bits per heavy atom. The van der Waals surface area contributed by atoms with Gasteiger partial charge in [0.15, 0.2) is 6.10 Å². The van der Waals surface area contributed by atoms with Gasteiger partial charge in [0.1, 0.15) is 19.8 Å². The molecule has 0 radical (unpaired) electrons. The van der Waals surface area contributed by atoms with Gasteiger partial charge in [-0.2, -0.15) is 0 Å². The van der Waals surface area contributed by atoms with Crippen LogP contribution in [-0.4, -0.2) is 69.0 Å². The number of phosphoric ester groups is 1. The van der Waals surface area contributed by atoms with E-state index in [4.69, 9.17) is 18.5 Å². The predicted molar refractivity (Wildman–Crippen MR) is 242 cm³/mol. The third-order valence-corrected chi connectivity index (χ3v) is 11.6. The number of ether oxygens (including phenoxy) is 2. The molecule has 0 saturated carbocycles. The summed E-state index contributed by atoms with van der Waals surface area (Å²) in [7, 11) is 1.68. The minimum atomic E-state index is -4.26. The fourth-order valence-electron chi connectivity index (χ4n) is 6.77. The molecule has 0 fully saturated rings. The Kier molecular flexibility index (Phi) is 40.7. The van der Waals surface area contributed by atoms with Crippen LogP contribution in [0.5, 0.6) is 0 Å². The molecule has 0 aliphatic carbocycles. The molecular weight excluding hydrogens is 734 g/mol. The molecule has 9 heteroatoms. The molecule has 2 atom stereocenters. The van der Waals surface area contributed by atoms with E-state index in [1.807, 2.05) is 27.2 Å². The molecule has 0 rings (SSSR count). The van der Waals surface area contributed by atoms with Gasteiger partial charge in [0, 0.05) is 6.42 Å². The Morgan fingerprint density at radius 1 is 0.544 bits per heavy atom. The molecule has 0 aromatic carbocycles. The van der Waals surface area contributed by atoms with Gasteiger partial charge >= 0.3 is 13.8 Å². The van der Waals surface area contributed by atoms with Gasteiger partial charge in [-0.05, 0) is 51.0 Å². The molecule has 1 N–H and O–H groups in total. The Labute approximate surface area is 353 Å². The van der Waals surface area contributed by atoms with Gasteiger partial charge in [0.05, 0.1) is 34.0 Å². The largest absolute Gasteiger partial charge is 0.492 e. The molecule has 0 aromatic heterocycles. The number of hydrogen-bond acceptors (Lipinski definition) is 6. The van der Waals surface area contributed by atoms with E-state index in [0.717, 1.165) is 32.1 Å². The molecule has 0 aliphatic heterocycles. The number of phosphoric acid groups is 1. The minimum absolute atomic E-state index is 0.0458. The lowest BCUT2D eigenvalue weighted by Gasteiger charge is -2.24. The topological polar surface area (TPSA) is 91.3 Å². The number of nitrogens with zero attached hydrogens (tertiary/aromatic N) is 1. The summed E-state index contributed by atoms with van der Waals surface area (Å²) in [5.41, 5.74) is 0. The zero-order valence-corrected chi connectivity index (χ0v) is 39.2. The number of carbonyl (C=O) groups excluding carboxylic acids is 1. The standard InChI is InChI=1S/C48H94NO7P/c1-6-8-10-12-14-16-18-20-22-24-25-26-27-29-31-33-35-37-39-41-48(50)54-45-47(46-56-57(51,52)55-44-42-49(3,4)5)53-43-40-38-36-34-32-30-28-23-21-19-17-15-13-11-9-7-2/h20,22,40,43,47H,6-19,21,23-39,41-42,44-46H2,1-5H3/p+1/b22-20-,43-40-. The zero-order chi connectivity index (χ0) is 42.0. The zero-order valence-electron chi connectivity index (χ0n) is 38.3. The number of esters is 1. The van der Waals surface area contributed by atoms with Crippen LogP contribution in [0.3, 0.4) is 0 Å². The Morgan fingerprint density at radius 3 is 1.35 bits per heavy atom. The van der Waals surface area contributed by atoms with Crippen molar-refractivity contribution in [1.29, 1.82) is 0 Å². The molecule has 0 amide bonds. The van der Waals surface area contributed by atoms with Crippen molar-refractivity contribution in [1.82, 2.24) is 0 Å². The van der Waals surface area contributed by atoms with Crippen molar-refractivity contribution in [3.8, 4) is 0 Å². The average Bonchev–Trinajstić information content (AvgIpc) is 3.17. The first kappa shape index (κ1) is 55.8. The van der Waals surface area contributed by atoms with Gasteiger partial charge in [-0.3, -0.25) is 13.8 Å². The summed E-state index contributed by atoms with van der Waals surface area (Å²) in [6.45, 7) is 4.93. The van der Waals surface area contributed by atoms with Gasteiger partial charge in [-0.1, -0.05) is 187 Å². The van der Waals surface area contributed by atoms with Crippen molar-refractivity contribution in [2.75, 3.05) is 47.5 Å². The van der Waals surface area contributed by atoms with E-state index in [9.17, 15) is 14.3 Å². The normalized spacial score (nSPS) is 13.8. The van der Waals surface area contributed by atoms with Crippen LogP contribution >= 0.6 is 7.82 Å². The van der Waals surface area contributed by atoms with Gasteiger partial charge in [0.2, 0.25) is 0 Å². The monoisotopic (exact) mass is 829 g/mol. The number of carbonyl (C=O) groups is 1. The summed E-state index contributed by atoms with van der Waals surface area (Å²) in [4.78, 5) is 22.7. The summed E-state index contributed by atoms with van der Waals surface area (Å²) < 4.78 is 34.9. The van der Waals surface area contributed by atoms with Gasteiger partial charge in [-0.25, -0.2) is 4.57 Å². The van der Waals surface area contributed by atoms with E-state index in [1.54, 1.807) is 6.26 Å². The number of unbranched alkanes of at least 4 members (excludes halogenated alkanes) is 29. The van der Waals surface area contributed by atoms with Crippen LogP contribution in [0.2, 0.25) is 0 Å². The molecule has 57 heavy (non-hydrogen) atoms. The molecule has 0 heterocycles. The fraction of sp³-hybridized carbons (Fsp3) is 0.896. The predicted octanol–water partition coefficient (Wildman–Crippen LogP) is 14.7.